The number of hydrogen-bond donors (Lipinski definition) is 0. The van der Waals surface area contributed by atoms with Crippen LogP contribution in [-0.4, -0.2) is 14.5 Å². The van der Waals surface area contributed by atoms with Gasteiger partial charge < -0.3 is 4.42 Å². The lowest BCUT2D eigenvalue weighted by Crippen LogP contribution is -2.04. The second-order valence-electron chi connectivity index (χ2n) is 11.7. The zero-order valence-corrected chi connectivity index (χ0v) is 23.4. The van der Waals surface area contributed by atoms with Gasteiger partial charge in [-0.25, -0.2) is 9.97 Å². The van der Waals surface area contributed by atoms with E-state index in [0.29, 0.717) is 5.95 Å². The molecule has 7 aromatic carbocycles. The Morgan fingerprint density at radius 1 is 0.455 bits per heavy atom. The monoisotopic (exact) mass is 559 g/mol. The van der Waals surface area contributed by atoms with Gasteiger partial charge in [0, 0.05) is 37.9 Å². The zero-order valence-electron chi connectivity index (χ0n) is 23.4. The van der Waals surface area contributed by atoms with Crippen molar-refractivity contribution in [3.63, 3.8) is 0 Å². The van der Waals surface area contributed by atoms with Gasteiger partial charge in [-0.2, -0.15) is 0 Å². The van der Waals surface area contributed by atoms with Crippen LogP contribution >= 0.6 is 0 Å². The predicted octanol–water partition coefficient (Wildman–Crippen LogP) is 10.6. The van der Waals surface area contributed by atoms with Crippen molar-refractivity contribution in [1.82, 2.24) is 14.5 Å². The zero-order chi connectivity index (χ0) is 28.5. The number of fused-ring (bicyclic) bond motifs is 4. The van der Waals surface area contributed by atoms with Crippen molar-refractivity contribution >= 4 is 76.2 Å². The molecule has 0 spiro atoms. The SMILES string of the molecule is c1ccc(-c2nc(-n3c4cccc5c4c4c6c(ccc43)oc3ccc4cccc-5c4c36)nc3ccc4ccccc4c23)cc1. The highest BCUT2D eigenvalue weighted by atomic mass is 16.3. The molecule has 0 bridgehead atoms. The minimum atomic E-state index is 0.662. The maximum absolute atomic E-state index is 6.49. The number of furan rings is 1. The quantitative estimate of drug-likeness (QED) is 0.198. The smallest absolute Gasteiger partial charge is 0.235 e. The molecule has 1 aliphatic carbocycles. The van der Waals surface area contributed by atoms with E-state index in [1.165, 1.54) is 48.8 Å². The van der Waals surface area contributed by atoms with E-state index in [1.54, 1.807) is 0 Å². The van der Waals surface area contributed by atoms with Crippen LogP contribution in [-0.2, 0) is 0 Å². The summed E-state index contributed by atoms with van der Waals surface area (Å²) < 4.78 is 8.74. The highest BCUT2D eigenvalue weighted by molar-refractivity contribution is 6.37. The number of aromatic nitrogens is 3. The Kier molecular flexibility index (Phi) is 4.04. The highest BCUT2D eigenvalue weighted by Gasteiger charge is 2.27. The summed E-state index contributed by atoms with van der Waals surface area (Å²) in [4.78, 5) is 10.7. The molecular formula is C40H21N3O. The number of benzene rings is 7. The van der Waals surface area contributed by atoms with Gasteiger partial charge >= 0.3 is 0 Å². The van der Waals surface area contributed by atoms with Gasteiger partial charge in [0.05, 0.1) is 22.2 Å². The van der Waals surface area contributed by atoms with Crippen LogP contribution in [0.1, 0.15) is 0 Å². The van der Waals surface area contributed by atoms with Crippen LogP contribution in [0.4, 0.5) is 0 Å². The Morgan fingerprint density at radius 2 is 1.16 bits per heavy atom. The number of nitrogens with zero attached hydrogens (tertiary/aromatic N) is 3. The van der Waals surface area contributed by atoms with Gasteiger partial charge in [-0.1, -0.05) is 97.1 Å². The van der Waals surface area contributed by atoms with Gasteiger partial charge in [0.2, 0.25) is 5.95 Å². The van der Waals surface area contributed by atoms with Gasteiger partial charge in [0.1, 0.15) is 11.2 Å². The first-order valence-corrected chi connectivity index (χ1v) is 14.9. The van der Waals surface area contributed by atoms with Gasteiger partial charge in [0.25, 0.3) is 0 Å². The van der Waals surface area contributed by atoms with Crippen molar-refractivity contribution in [2.45, 2.75) is 0 Å². The topological polar surface area (TPSA) is 43.9 Å². The molecule has 0 saturated heterocycles. The van der Waals surface area contributed by atoms with Crippen molar-refractivity contribution in [3.05, 3.63) is 127 Å². The summed E-state index contributed by atoms with van der Waals surface area (Å²) in [5.74, 6) is 0.662. The molecule has 11 rings (SSSR count). The highest BCUT2D eigenvalue weighted by Crippen LogP contribution is 2.50. The minimum Gasteiger partial charge on any atom is -0.456 e. The first kappa shape index (κ1) is 22.6. The third-order valence-electron chi connectivity index (χ3n) is 9.51. The molecule has 3 heterocycles. The second-order valence-corrected chi connectivity index (χ2v) is 11.7. The van der Waals surface area contributed by atoms with Crippen LogP contribution in [0.5, 0.6) is 0 Å². The van der Waals surface area contributed by atoms with Crippen molar-refractivity contribution in [1.29, 1.82) is 0 Å². The van der Waals surface area contributed by atoms with Gasteiger partial charge in [-0.15, -0.1) is 0 Å². The van der Waals surface area contributed by atoms with Crippen molar-refractivity contribution < 1.29 is 4.42 Å². The molecule has 202 valence electrons. The molecule has 0 unspecified atom stereocenters. The standard InChI is InChI=1S/C40H21N3O/c1-2-9-24(10-3-1)39-34-25-12-5-4-8-22(25)16-18-28(34)41-40(42-39)43-29-15-7-14-27-26-13-6-11-23-17-20-31-37(33(23)26)38-32(44-31)21-19-30(43)36(38)35(27)29/h1-21H. The number of hydrogen-bond acceptors (Lipinski definition) is 3. The van der Waals surface area contributed by atoms with Crippen molar-refractivity contribution in [3.8, 4) is 28.3 Å². The summed E-state index contributed by atoms with van der Waals surface area (Å²) in [7, 11) is 0. The molecular weight excluding hydrogens is 538 g/mol. The Hall–Kier alpha value is -6.00. The normalized spacial score (nSPS) is 12.5. The van der Waals surface area contributed by atoms with E-state index in [9.17, 15) is 0 Å². The minimum absolute atomic E-state index is 0.662. The molecule has 1 aliphatic rings. The first-order valence-electron chi connectivity index (χ1n) is 14.9. The largest absolute Gasteiger partial charge is 0.456 e. The van der Waals surface area contributed by atoms with E-state index in [2.05, 4.69) is 126 Å². The fourth-order valence-electron chi connectivity index (χ4n) is 7.74. The molecule has 0 aliphatic heterocycles. The Labute approximate surface area is 250 Å². The third-order valence-corrected chi connectivity index (χ3v) is 9.51. The number of rotatable bonds is 2. The third kappa shape index (κ3) is 2.69. The van der Waals surface area contributed by atoms with E-state index >= 15 is 0 Å². The summed E-state index contributed by atoms with van der Waals surface area (Å²) in [6, 6.07) is 45.1. The van der Waals surface area contributed by atoms with Crippen LogP contribution in [0.15, 0.2) is 132 Å². The van der Waals surface area contributed by atoms with Crippen molar-refractivity contribution in [2.75, 3.05) is 0 Å². The first-order chi connectivity index (χ1) is 21.8. The molecule has 4 heteroatoms. The van der Waals surface area contributed by atoms with Crippen LogP contribution in [0.2, 0.25) is 0 Å². The maximum atomic E-state index is 6.49. The molecule has 0 N–H and O–H groups in total. The van der Waals surface area contributed by atoms with Crippen LogP contribution < -0.4 is 0 Å². The van der Waals surface area contributed by atoms with E-state index in [1.807, 2.05) is 6.07 Å². The molecule has 0 atom stereocenters. The lowest BCUT2D eigenvalue weighted by Gasteiger charge is -2.14. The van der Waals surface area contributed by atoms with Gasteiger partial charge in [0.15, 0.2) is 0 Å². The maximum Gasteiger partial charge on any atom is 0.235 e. The Balaban J connectivity index is 1.35. The summed E-state index contributed by atoms with van der Waals surface area (Å²) in [6.07, 6.45) is 0. The average molecular weight is 560 g/mol. The van der Waals surface area contributed by atoms with Crippen molar-refractivity contribution in [2.24, 2.45) is 0 Å². The average Bonchev–Trinajstić information content (AvgIpc) is 3.59. The molecule has 0 amide bonds. The lowest BCUT2D eigenvalue weighted by atomic mass is 9.95. The second kappa shape index (κ2) is 7.88. The Bertz CT molecular complexity index is 2880. The predicted molar refractivity (Wildman–Crippen MR) is 181 cm³/mol. The van der Waals surface area contributed by atoms with Crippen LogP contribution in [0, 0.1) is 0 Å². The summed E-state index contributed by atoms with van der Waals surface area (Å²) in [5, 5.41) is 10.6. The summed E-state index contributed by atoms with van der Waals surface area (Å²) >= 11 is 0. The Morgan fingerprint density at radius 3 is 2.07 bits per heavy atom. The summed E-state index contributed by atoms with van der Waals surface area (Å²) in [5.41, 5.74) is 9.36. The van der Waals surface area contributed by atoms with E-state index < -0.39 is 0 Å². The fourth-order valence-corrected chi connectivity index (χ4v) is 7.74. The molecule has 0 radical (unpaired) electrons. The summed E-state index contributed by atoms with van der Waals surface area (Å²) in [6.45, 7) is 0. The molecule has 4 nitrogen and oxygen atoms in total. The molecule has 0 saturated carbocycles. The molecule has 3 aromatic heterocycles. The molecule has 10 aromatic rings. The van der Waals surface area contributed by atoms with Gasteiger partial charge in [-0.05, 0) is 57.6 Å². The van der Waals surface area contributed by atoms with Gasteiger partial charge in [-0.3, -0.25) is 4.57 Å². The van der Waals surface area contributed by atoms with Crippen LogP contribution in [0.3, 0.4) is 0 Å². The van der Waals surface area contributed by atoms with E-state index in [4.69, 9.17) is 14.4 Å². The van der Waals surface area contributed by atoms with E-state index in [0.717, 1.165) is 49.7 Å². The van der Waals surface area contributed by atoms with E-state index in [-0.39, 0.29) is 0 Å². The van der Waals surface area contributed by atoms with Crippen LogP contribution in [0.25, 0.3) is 105 Å². The molecule has 44 heavy (non-hydrogen) atoms. The fraction of sp³-hybridized carbons (Fsp3) is 0. The lowest BCUT2D eigenvalue weighted by molar-refractivity contribution is 0.669. The molecule has 0 fully saturated rings.